The second-order valence-corrected chi connectivity index (χ2v) is 55.4. The lowest BCUT2D eigenvalue weighted by atomic mass is 9.48. The van der Waals surface area contributed by atoms with Crippen molar-refractivity contribution in [1.82, 2.24) is 42.4 Å². The molecule has 9 heterocycles. The van der Waals surface area contributed by atoms with Gasteiger partial charge in [-0.3, -0.25) is 14.5 Å². The average molecular weight is 1970 g/mol. The topological polar surface area (TPSA) is 68.2 Å². The minimum Gasteiger partial charge on any atom is -0.308 e. The number of fused-ring (bicyclic) bond motifs is 18. The van der Waals surface area contributed by atoms with Gasteiger partial charge in [-0.25, -0.2) is 4.98 Å². The molecule has 12 aliphatic carbocycles. The predicted molar refractivity (Wildman–Crippen MR) is 630 cm³/mol. The predicted octanol–water partition coefficient (Wildman–Crippen LogP) is 37.0. The van der Waals surface area contributed by atoms with E-state index in [-0.39, 0.29) is 32.5 Å². The highest BCUT2D eigenvalue weighted by atomic mass is 15.1. The standard InChI is InChI=1S/3C47H49N3/c1-45(2,3)32-12-16-41-38(22-32)39-23-33(46(4,5)6)13-17-42(39)49(41)35-14-18-44(48-28-35)50-40-10-8-7-9-36(40)37-15-11-34(24-43(37)50)47-25-29-19-30(26-47)21-31(20-29)27-47;1-45(2,3)32-12-15-42-39(20-32)40-21-33(46(4,5)6)13-16-43(40)49(42)35-23-36(28-48-27-35)50-41-10-8-7-9-37(41)38-14-11-34(22-44(38)50)47-24-29-17-30(25-47)19-31(18-29)26-47;1-45(2,3)32-11-14-43-39(20-32)40-21-33(46(4,5)6)12-15-44(40)50(43)36-23-35(27-48-28-36)49-41-10-8-7-9-37(41)38-22-34(13-16-42(38)49)47-24-29-17-30(25-47)19-31(18-29)26-47/h7-18,22-24,28-31H,19-21,25-27H2,1-6H3;2*7-16,20-23,27-31H,17-19,24-26H2,1-6H3. The lowest BCUT2D eigenvalue weighted by Gasteiger charge is -2.57. The van der Waals surface area contributed by atoms with Crippen LogP contribution in [0.1, 0.15) is 290 Å². The molecule has 9 aromatic heterocycles. The maximum atomic E-state index is 5.27. The first kappa shape index (κ1) is 94.1. The van der Waals surface area contributed by atoms with Crippen LogP contribution in [0.2, 0.25) is 0 Å². The van der Waals surface area contributed by atoms with Crippen molar-refractivity contribution in [3.05, 3.63) is 342 Å². The molecule has 0 atom stereocenters. The van der Waals surface area contributed by atoms with Crippen LogP contribution in [0, 0.1) is 53.3 Å². The van der Waals surface area contributed by atoms with Crippen LogP contribution in [0.4, 0.5) is 0 Å². The fraction of sp³-hybridized carbons (Fsp3) is 0.383. The molecule has 0 N–H and O–H groups in total. The van der Waals surface area contributed by atoms with E-state index in [2.05, 4.69) is 425 Å². The molecule has 0 aliphatic heterocycles. The van der Waals surface area contributed by atoms with E-state index in [4.69, 9.17) is 15.0 Å². The zero-order valence-corrected chi connectivity index (χ0v) is 91.7. The molecule has 9 nitrogen and oxygen atoms in total. The number of hydrogen-bond acceptors (Lipinski definition) is 3. The molecule has 33 rings (SSSR count). The summed E-state index contributed by atoms with van der Waals surface area (Å²) >= 11 is 0. The number of pyridine rings is 3. The molecule has 12 saturated carbocycles. The number of rotatable bonds is 9. The minimum absolute atomic E-state index is 0.0668. The Labute approximate surface area is 885 Å². The summed E-state index contributed by atoms with van der Waals surface area (Å²) in [7, 11) is 0. The van der Waals surface area contributed by atoms with Gasteiger partial charge in [-0.05, 0) is 407 Å². The molecule has 21 aromatic rings. The van der Waals surface area contributed by atoms with Crippen molar-refractivity contribution < 1.29 is 0 Å². The summed E-state index contributed by atoms with van der Waals surface area (Å²) in [6.07, 6.45) is 36.0. The van der Waals surface area contributed by atoms with Crippen LogP contribution in [0.25, 0.3) is 165 Å². The first-order chi connectivity index (χ1) is 71.8. The van der Waals surface area contributed by atoms with Crippen molar-refractivity contribution >= 4 is 131 Å². The van der Waals surface area contributed by atoms with Crippen molar-refractivity contribution in [2.45, 2.75) is 289 Å². The highest BCUT2D eigenvalue weighted by Crippen LogP contribution is 2.65. The van der Waals surface area contributed by atoms with Gasteiger partial charge in [0, 0.05) is 64.6 Å². The van der Waals surface area contributed by atoms with Gasteiger partial charge in [0.2, 0.25) is 0 Å². The van der Waals surface area contributed by atoms with Crippen LogP contribution in [0.3, 0.4) is 0 Å². The highest BCUT2D eigenvalue weighted by Gasteiger charge is 2.55. The van der Waals surface area contributed by atoms with E-state index in [1.54, 1.807) is 16.7 Å². The number of para-hydroxylation sites is 3. The molecule has 0 unspecified atom stereocenters. The molecule has 0 spiro atoms. The van der Waals surface area contributed by atoms with Gasteiger partial charge in [-0.1, -0.05) is 246 Å². The van der Waals surface area contributed by atoms with Crippen LogP contribution in [-0.4, -0.2) is 42.4 Å². The van der Waals surface area contributed by atoms with Crippen LogP contribution >= 0.6 is 0 Å². The van der Waals surface area contributed by atoms with E-state index >= 15 is 0 Å². The second-order valence-electron chi connectivity index (χ2n) is 55.4. The number of nitrogens with zero attached hydrogens (tertiary/aromatic N) is 9. The molecule has 756 valence electrons. The summed E-state index contributed by atoms with van der Waals surface area (Å²) in [6.45, 7) is 41.5. The number of aromatic nitrogens is 9. The lowest BCUT2D eigenvalue weighted by molar-refractivity contribution is -0.00525. The Morgan fingerprint density at radius 3 is 0.687 bits per heavy atom. The van der Waals surface area contributed by atoms with Gasteiger partial charge < -0.3 is 22.8 Å². The van der Waals surface area contributed by atoms with Gasteiger partial charge in [0.25, 0.3) is 0 Å². The summed E-state index contributed by atoms with van der Waals surface area (Å²) in [4.78, 5) is 15.2. The third kappa shape index (κ3) is 15.3. The Bertz CT molecular complexity index is 8800. The molecule has 12 aromatic carbocycles. The van der Waals surface area contributed by atoms with E-state index in [0.29, 0.717) is 16.2 Å². The molecular weight excluding hydrogens is 1820 g/mol. The molecule has 0 radical (unpaired) electrons. The zero-order valence-electron chi connectivity index (χ0n) is 91.7. The molecular formula is C141H147N9. The molecule has 9 heteroatoms. The first-order valence-corrected chi connectivity index (χ1v) is 57.1. The third-order valence-corrected chi connectivity index (χ3v) is 39.1. The van der Waals surface area contributed by atoms with Gasteiger partial charge in [-0.15, -0.1) is 0 Å². The van der Waals surface area contributed by atoms with E-state index in [0.717, 1.165) is 87.5 Å². The highest BCUT2D eigenvalue weighted by molar-refractivity contribution is 6.15. The SMILES string of the molecule is CC(C)(C)c1ccc2c(c1)c1cc(C(C)(C)C)ccc1n2-c1ccc(-n2c3ccccc3c3ccc(C45CC6CC(CC(C6)C4)C5)cc32)nc1.CC(C)(C)c1ccc2c(c1)c1cc(C(C)(C)C)ccc1n2-c1cncc(-n2c3ccccc3c3cc(C45CC6CC(CC(C6)C4)C5)ccc32)c1.CC(C)(C)c1ccc2c(c1)c1cc(C(C)(C)C)ccc1n2-c1cncc(-n2c3ccccc3c3ccc(C45CC6CC(CC(C6)C4)C5)cc32)c1. The fourth-order valence-electron chi connectivity index (χ4n) is 32.8. The maximum absolute atomic E-state index is 5.27. The van der Waals surface area contributed by atoms with Crippen LogP contribution < -0.4 is 0 Å². The van der Waals surface area contributed by atoms with Gasteiger partial charge in [0.1, 0.15) is 5.82 Å². The van der Waals surface area contributed by atoms with Crippen molar-refractivity contribution in [3.63, 3.8) is 0 Å². The summed E-state index contributed by atoms with van der Waals surface area (Å²) in [5, 5.41) is 15.8. The lowest BCUT2D eigenvalue weighted by Crippen LogP contribution is -2.48. The fourth-order valence-corrected chi connectivity index (χ4v) is 32.8. The van der Waals surface area contributed by atoms with Crippen LogP contribution in [0.5, 0.6) is 0 Å². The Morgan fingerprint density at radius 1 is 0.187 bits per heavy atom. The van der Waals surface area contributed by atoms with Crippen molar-refractivity contribution in [1.29, 1.82) is 0 Å². The van der Waals surface area contributed by atoms with Crippen molar-refractivity contribution in [2.24, 2.45) is 53.3 Å². The summed E-state index contributed by atoms with van der Waals surface area (Å²) in [5.74, 6) is 9.35. The monoisotopic (exact) mass is 1970 g/mol. The minimum atomic E-state index is 0.0668. The molecule has 0 amide bonds. The Morgan fingerprint density at radius 2 is 0.407 bits per heavy atom. The molecule has 12 bridgehead atoms. The summed E-state index contributed by atoms with van der Waals surface area (Å²) < 4.78 is 14.7. The second kappa shape index (κ2) is 33.4. The van der Waals surface area contributed by atoms with Crippen molar-refractivity contribution in [3.8, 4) is 34.3 Å². The van der Waals surface area contributed by atoms with E-state index in [1.165, 1.54) is 280 Å². The third-order valence-electron chi connectivity index (χ3n) is 39.1. The quantitative estimate of drug-likeness (QED) is 0.145. The normalized spacial score (nSPS) is 23.6. The van der Waals surface area contributed by atoms with Gasteiger partial charge in [0.15, 0.2) is 0 Å². The Balaban J connectivity index is 0.000000108. The van der Waals surface area contributed by atoms with Crippen LogP contribution in [-0.2, 0) is 48.7 Å². The zero-order chi connectivity index (χ0) is 102. The number of hydrogen-bond donors (Lipinski definition) is 0. The van der Waals surface area contributed by atoms with Crippen molar-refractivity contribution in [2.75, 3.05) is 0 Å². The molecule has 0 saturated heterocycles. The smallest absolute Gasteiger partial charge is 0.137 e. The van der Waals surface area contributed by atoms with Gasteiger partial charge in [0.05, 0.1) is 126 Å². The maximum Gasteiger partial charge on any atom is 0.137 e. The largest absolute Gasteiger partial charge is 0.308 e. The van der Waals surface area contributed by atoms with E-state index in [1.807, 2.05) is 18.6 Å². The van der Waals surface area contributed by atoms with E-state index in [9.17, 15) is 0 Å². The average Bonchev–Trinajstić information content (AvgIpc) is 1.45. The molecule has 12 fully saturated rings. The van der Waals surface area contributed by atoms with E-state index < -0.39 is 0 Å². The molecule has 12 aliphatic rings. The van der Waals surface area contributed by atoms with Crippen LogP contribution in [0.15, 0.2) is 292 Å². The van der Waals surface area contributed by atoms with Gasteiger partial charge in [-0.2, -0.15) is 0 Å². The Hall–Kier alpha value is -13.1. The summed E-state index contributed by atoms with van der Waals surface area (Å²) in [6, 6.07) is 101. The Kier molecular flexibility index (Phi) is 21.0. The van der Waals surface area contributed by atoms with Gasteiger partial charge >= 0.3 is 0 Å². The summed E-state index contributed by atoms with van der Waals surface area (Å²) in [5.41, 5.74) is 34.8. The first-order valence-electron chi connectivity index (χ1n) is 57.1. The number of benzene rings is 12. The molecule has 150 heavy (non-hydrogen) atoms.